The standard InChI is InChI=1S/C14H16N4/c1-9-3-4-11(8-15-7-9)14-13-10(2)17-18-12(13)5-6-16-14/h4-6,8-9H,3,7H2,1-2H3,(H,17,18). The van der Waals surface area contributed by atoms with E-state index >= 15 is 0 Å². The maximum absolute atomic E-state index is 4.51. The van der Waals surface area contributed by atoms with Gasteiger partial charge in [-0.2, -0.15) is 5.10 Å². The summed E-state index contributed by atoms with van der Waals surface area (Å²) in [5, 5.41) is 8.40. The molecule has 3 rings (SSSR count). The summed E-state index contributed by atoms with van der Waals surface area (Å²) in [6.45, 7) is 5.13. The average molecular weight is 240 g/mol. The van der Waals surface area contributed by atoms with E-state index < -0.39 is 0 Å². The summed E-state index contributed by atoms with van der Waals surface area (Å²) in [6.07, 6.45) is 7.03. The molecule has 0 aliphatic carbocycles. The van der Waals surface area contributed by atoms with E-state index in [1.54, 1.807) is 6.20 Å². The van der Waals surface area contributed by atoms with Gasteiger partial charge < -0.3 is 0 Å². The molecule has 0 fully saturated rings. The molecule has 0 saturated carbocycles. The molecule has 0 spiro atoms. The van der Waals surface area contributed by atoms with Gasteiger partial charge in [-0.3, -0.25) is 15.1 Å². The zero-order valence-electron chi connectivity index (χ0n) is 10.6. The normalized spacial score (nSPS) is 19.9. The Kier molecular flexibility index (Phi) is 2.70. The third kappa shape index (κ3) is 1.83. The van der Waals surface area contributed by atoms with Gasteiger partial charge in [0.25, 0.3) is 0 Å². The number of aliphatic imine (C=N–C) groups is 1. The van der Waals surface area contributed by atoms with Crippen molar-refractivity contribution in [2.24, 2.45) is 10.9 Å². The van der Waals surface area contributed by atoms with Crippen LogP contribution in [0.3, 0.4) is 0 Å². The molecular weight excluding hydrogens is 224 g/mol. The Hall–Kier alpha value is -1.97. The van der Waals surface area contributed by atoms with Gasteiger partial charge in [-0.1, -0.05) is 13.0 Å². The van der Waals surface area contributed by atoms with Crippen molar-refractivity contribution in [3.8, 4) is 0 Å². The van der Waals surface area contributed by atoms with Crippen LogP contribution >= 0.6 is 0 Å². The first-order valence-electron chi connectivity index (χ1n) is 6.25. The number of H-pyrrole nitrogens is 1. The third-order valence-electron chi connectivity index (χ3n) is 3.31. The van der Waals surface area contributed by atoms with Crippen LogP contribution in [0.2, 0.25) is 0 Å². The van der Waals surface area contributed by atoms with Gasteiger partial charge in [-0.05, 0) is 25.3 Å². The number of pyridine rings is 1. The van der Waals surface area contributed by atoms with E-state index in [-0.39, 0.29) is 0 Å². The van der Waals surface area contributed by atoms with E-state index in [2.05, 4.69) is 33.2 Å². The largest absolute Gasteiger partial charge is 0.292 e. The summed E-state index contributed by atoms with van der Waals surface area (Å²) >= 11 is 0. The van der Waals surface area contributed by atoms with E-state index in [0.29, 0.717) is 5.92 Å². The fraction of sp³-hybridized carbons (Fsp3) is 0.357. The number of nitrogens with one attached hydrogen (secondary N) is 1. The second-order valence-electron chi connectivity index (χ2n) is 4.90. The molecule has 0 aromatic carbocycles. The van der Waals surface area contributed by atoms with E-state index in [1.807, 2.05) is 19.2 Å². The SMILES string of the molecule is Cc1[nH]nc2ccnc(C3=CCC(C)CN=C3)c12. The molecule has 2 aromatic heterocycles. The summed E-state index contributed by atoms with van der Waals surface area (Å²) in [6, 6.07) is 1.93. The van der Waals surface area contributed by atoms with Gasteiger partial charge in [0, 0.05) is 35.6 Å². The Balaban J connectivity index is 2.17. The third-order valence-corrected chi connectivity index (χ3v) is 3.31. The minimum atomic E-state index is 0.600. The molecule has 1 aliphatic rings. The Morgan fingerprint density at radius 3 is 3.17 bits per heavy atom. The van der Waals surface area contributed by atoms with Crippen LogP contribution in [0.25, 0.3) is 16.5 Å². The molecule has 2 aromatic rings. The van der Waals surface area contributed by atoms with Crippen molar-refractivity contribution in [1.29, 1.82) is 0 Å². The number of aromatic amines is 1. The molecule has 18 heavy (non-hydrogen) atoms. The molecule has 0 amide bonds. The van der Waals surface area contributed by atoms with Crippen LogP contribution in [0.15, 0.2) is 23.3 Å². The van der Waals surface area contributed by atoms with E-state index in [0.717, 1.165) is 40.8 Å². The second-order valence-corrected chi connectivity index (χ2v) is 4.90. The van der Waals surface area contributed by atoms with Gasteiger partial charge in [-0.25, -0.2) is 0 Å². The minimum absolute atomic E-state index is 0.600. The maximum atomic E-state index is 4.51. The molecule has 1 N–H and O–H groups in total. The fourth-order valence-electron chi connectivity index (χ4n) is 2.28. The Bertz CT molecular complexity index is 636. The number of rotatable bonds is 1. The first-order chi connectivity index (χ1) is 8.75. The van der Waals surface area contributed by atoms with Gasteiger partial charge in [0.15, 0.2) is 0 Å². The molecule has 92 valence electrons. The van der Waals surface area contributed by atoms with Gasteiger partial charge >= 0.3 is 0 Å². The number of nitrogens with zero attached hydrogens (tertiary/aromatic N) is 3. The van der Waals surface area contributed by atoms with Crippen molar-refractivity contribution in [2.45, 2.75) is 20.3 Å². The molecule has 1 atom stereocenters. The van der Waals surface area contributed by atoms with Crippen LogP contribution in [-0.4, -0.2) is 27.9 Å². The number of aryl methyl sites for hydroxylation is 1. The molecule has 0 radical (unpaired) electrons. The monoisotopic (exact) mass is 240 g/mol. The van der Waals surface area contributed by atoms with Gasteiger partial charge in [-0.15, -0.1) is 0 Å². The molecule has 4 nitrogen and oxygen atoms in total. The number of hydrogen-bond acceptors (Lipinski definition) is 3. The fourth-order valence-corrected chi connectivity index (χ4v) is 2.28. The Morgan fingerprint density at radius 1 is 1.39 bits per heavy atom. The lowest BCUT2D eigenvalue weighted by molar-refractivity contribution is 0.612. The van der Waals surface area contributed by atoms with Crippen LogP contribution < -0.4 is 0 Å². The van der Waals surface area contributed by atoms with Crippen molar-refractivity contribution in [2.75, 3.05) is 6.54 Å². The highest BCUT2D eigenvalue weighted by Gasteiger charge is 2.13. The second kappa shape index (κ2) is 4.37. The summed E-state index contributed by atoms with van der Waals surface area (Å²) in [4.78, 5) is 8.98. The molecule has 4 heteroatoms. The molecule has 1 unspecified atom stereocenters. The number of allylic oxidation sites excluding steroid dienone is 2. The quantitative estimate of drug-likeness (QED) is 0.833. The molecule has 0 saturated heterocycles. The van der Waals surface area contributed by atoms with Gasteiger partial charge in [0.05, 0.1) is 11.2 Å². The summed E-state index contributed by atoms with van der Waals surface area (Å²) in [5.41, 5.74) is 4.11. The van der Waals surface area contributed by atoms with Crippen LogP contribution in [0, 0.1) is 12.8 Å². The molecule has 3 heterocycles. The minimum Gasteiger partial charge on any atom is -0.292 e. The topological polar surface area (TPSA) is 53.9 Å². The van der Waals surface area contributed by atoms with Gasteiger partial charge in [0.1, 0.15) is 0 Å². The number of fused-ring (bicyclic) bond motifs is 1. The molecule has 1 aliphatic heterocycles. The smallest absolute Gasteiger partial charge is 0.0960 e. The zero-order valence-corrected chi connectivity index (χ0v) is 10.6. The maximum Gasteiger partial charge on any atom is 0.0960 e. The summed E-state index contributed by atoms with van der Waals surface area (Å²) in [5.74, 6) is 0.600. The van der Waals surface area contributed by atoms with Crippen LogP contribution in [-0.2, 0) is 0 Å². The first kappa shape index (κ1) is 11.1. The van der Waals surface area contributed by atoms with Crippen molar-refractivity contribution >= 4 is 22.7 Å². The van der Waals surface area contributed by atoms with Crippen LogP contribution in [0.4, 0.5) is 0 Å². The van der Waals surface area contributed by atoms with Crippen molar-refractivity contribution in [3.63, 3.8) is 0 Å². The van der Waals surface area contributed by atoms with Crippen LogP contribution in [0.1, 0.15) is 24.7 Å². The average Bonchev–Trinajstić information content (AvgIpc) is 2.62. The van der Waals surface area contributed by atoms with E-state index in [9.17, 15) is 0 Å². The predicted molar refractivity (Wildman–Crippen MR) is 73.7 cm³/mol. The highest BCUT2D eigenvalue weighted by molar-refractivity contribution is 6.13. The van der Waals surface area contributed by atoms with Crippen LogP contribution in [0.5, 0.6) is 0 Å². The zero-order chi connectivity index (χ0) is 12.5. The number of hydrogen-bond donors (Lipinski definition) is 1. The van der Waals surface area contributed by atoms with Crippen molar-refractivity contribution < 1.29 is 0 Å². The molecular formula is C14H16N4. The lowest BCUT2D eigenvalue weighted by Gasteiger charge is -2.03. The van der Waals surface area contributed by atoms with Crippen molar-refractivity contribution in [1.82, 2.24) is 15.2 Å². The predicted octanol–water partition coefficient (Wildman–Crippen LogP) is 2.76. The first-order valence-corrected chi connectivity index (χ1v) is 6.25. The summed E-state index contributed by atoms with van der Waals surface area (Å²) in [7, 11) is 0. The van der Waals surface area contributed by atoms with Crippen molar-refractivity contribution in [3.05, 3.63) is 29.7 Å². The highest BCUT2D eigenvalue weighted by Crippen LogP contribution is 2.25. The molecule has 0 bridgehead atoms. The Morgan fingerprint density at radius 2 is 2.28 bits per heavy atom. The van der Waals surface area contributed by atoms with E-state index in [4.69, 9.17) is 0 Å². The Labute approximate surface area is 106 Å². The lowest BCUT2D eigenvalue weighted by Crippen LogP contribution is -1.94. The summed E-state index contributed by atoms with van der Waals surface area (Å²) < 4.78 is 0. The van der Waals surface area contributed by atoms with Gasteiger partial charge in [0.2, 0.25) is 0 Å². The van der Waals surface area contributed by atoms with E-state index in [1.165, 1.54) is 0 Å². The highest BCUT2D eigenvalue weighted by atomic mass is 15.1. The lowest BCUT2D eigenvalue weighted by atomic mass is 10.0. The number of aromatic nitrogens is 3.